The van der Waals surface area contributed by atoms with Crippen LogP contribution >= 0.6 is 11.3 Å². The predicted octanol–water partition coefficient (Wildman–Crippen LogP) is 1.00. The lowest BCUT2D eigenvalue weighted by atomic mass is 10.2. The van der Waals surface area contributed by atoms with Crippen LogP contribution in [-0.2, 0) is 16.6 Å². The quantitative estimate of drug-likeness (QED) is 0.752. The number of hydrogen-bond acceptors (Lipinski definition) is 4. The smallest absolute Gasteiger partial charge is 0.212 e. The van der Waals surface area contributed by atoms with Crippen molar-refractivity contribution in [3.05, 3.63) is 21.4 Å². The lowest BCUT2D eigenvalue weighted by Crippen LogP contribution is -2.29. The van der Waals surface area contributed by atoms with Crippen molar-refractivity contribution in [2.45, 2.75) is 20.4 Å². The molecule has 0 aliphatic rings. The van der Waals surface area contributed by atoms with Crippen LogP contribution in [0.25, 0.3) is 0 Å². The number of thiophene rings is 1. The van der Waals surface area contributed by atoms with Gasteiger partial charge >= 0.3 is 0 Å². The van der Waals surface area contributed by atoms with Crippen molar-refractivity contribution in [1.82, 2.24) is 10.0 Å². The maximum atomic E-state index is 11.1. The van der Waals surface area contributed by atoms with Crippen LogP contribution in [0.15, 0.2) is 6.07 Å². The van der Waals surface area contributed by atoms with Gasteiger partial charge in [-0.1, -0.05) is 0 Å². The van der Waals surface area contributed by atoms with Crippen molar-refractivity contribution in [3.63, 3.8) is 0 Å². The molecule has 2 N–H and O–H groups in total. The molecule has 0 atom stereocenters. The van der Waals surface area contributed by atoms with E-state index in [0.717, 1.165) is 6.54 Å². The summed E-state index contributed by atoms with van der Waals surface area (Å²) < 4.78 is 24.6. The zero-order chi connectivity index (χ0) is 12.2. The van der Waals surface area contributed by atoms with E-state index in [9.17, 15) is 8.42 Å². The van der Waals surface area contributed by atoms with Crippen LogP contribution in [0.4, 0.5) is 0 Å². The van der Waals surface area contributed by atoms with Crippen LogP contribution in [0.3, 0.4) is 0 Å². The van der Waals surface area contributed by atoms with E-state index >= 15 is 0 Å². The Morgan fingerprint density at radius 3 is 2.56 bits per heavy atom. The van der Waals surface area contributed by atoms with Crippen molar-refractivity contribution in [1.29, 1.82) is 0 Å². The zero-order valence-corrected chi connectivity index (χ0v) is 11.5. The Labute approximate surface area is 101 Å². The Bertz CT molecular complexity index is 438. The molecule has 6 heteroatoms. The van der Waals surface area contributed by atoms with Crippen molar-refractivity contribution in [3.8, 4) is 0 Å². The fraction of sp³-hybridized carbons (Fsp3) is 0.600. The van der Waals surface area contributed by atoms with Gasteiger partial charge in [0.15, 0.2) is 0 Å². The molecule has 0 fully saturated rings. The Morgan fingerprint density at radius 1 is 1.38 bits per heavy atom. The highest BCUT2D eigenvalue weighted by Crippen LogP contribution is 2.19. The first kappa shape index (κ1) is 13.6. The molecule has 1 aromatic heterocycles. The second-order valence-electron chi connectivity index (χ2n) is 3.64. The summed E-state index contributed by atoms with van der Waals surface area (Å²) in [7, 11) is -1.66. The van der Waals surface area contributed by atoms with Gasteiger partial charge in [0, 0.05) is 22.8 Å². The van der Waals surface area contributed by atoms with Gasteiger partial charge in [-0.2, -0.15) is 0 Å². The molecule has 1 aromatic rings. The van der Waals surface area contributed by atoms with E-state index in [-0.39, 0.29) is 5.75 Å². The van der Waals surface area contributed by atoms with Gasteiger partial charge in [-0.25, -0.2) is 13.1 Å². The summed E-state index contributed by atoms with van der Waals surface area (Å²) >= 11 is 1.77. The van der Waals surface area contributed by atoms with Gasteiger partial charge in [-0.05, 0) is 32.5 Å². The second kappa shape index (κ2) is 5.77. The number of hydrogen-bond donors (Lipinski definition) is 2. The highest BCUT2D eigenvalue weighted by Gasteiger charge is 2.06. The maximum Gasteiger partial charge on any atom is 0.212 e. The average Bonchev–Trinajstić information content (AvgIpc) is 2.52. The van der Waals surface area contributed by atoms with Gasteiger partial charge in [-0.3, -0.25) is 0 Å². The van der Waals surface area contributed by atoms with Gasteiger partial charge in [0.05, 0.1) is 5.75 Å². The molecule has 0 aromatic carbocycles. The molecule has 0 unspecified atom stereocenters. The summed E-state index contributed by atoms with van der Waals surface area (Å²) in [5.41, 5.74) is 1.25. The summed E-state index contributed by atoms with van der Waals surface area (Å²) in [6.45, 7) is 5.36. The first-order valence-corrected chi connectivity index (χ1v) is 7.59. The molecule has 92 valence electrons. The third-order valence-electron chi connectivity index (χ3n) is 2.32. The molecule has 16 heavy (non-hydrogen) atoms. The van der Waals surface area contributed by atoms with Gasteiger partial charge in [0.2, 0.25) is 10.0 Å². The molecule has 0 aliphatic carbocycles. The van der Waals surface area contributed by atoms with Crippen LogP contribution in [-0.4, -0.2) is 27.8 Å². The molecule has 1 rings (SSSR count). The summed E-state index contributed by atoms with van der Waals surface area (Å²) in [6, 6.07) is 2.14. The molecule has 0 saturated carbocycles. The monoisotopic (exact) mass is 262 g/mol. The van der Waals surface area contributed by atoms with Gasteiger partial charge in [-0.15, -0.1) is 11.3 Å². The van der Waals surface area contributed by atoms with E-state index in [1.165, 1.54) is 22.4 Å². The highest BCUT2D eigenvalue weighted by atomic mass is 32.2. The summed E-state index contributed by atoms with van der Waals surface area (Å²) in [5, 5.41) is 3.13. The molecule has 1 heterocycles. The van der Waals surface area contributed by atoms with Gasteiger partial charge in [0.1, 0.15) is 0 Å². The number of rotatable bonds is 6. The minimum Gasteiger partial charge on any atom is -0.312 e. The maximum absolute atomic E-state index is 11.1. The lowest BCUT2D eigenvalue weighted by Gasteiger charge is -2.04. The minimum atomic E-state index is -3.09. The Hall–Kier alpha value is -0.430. The molecule has 0 spiro atoms. The Morgan fingerprint density at radius 2 is 2.06 bits per heavy atom. The van der Waals surface area contributed by atoms with E-state index in [1.807, 2.05) is 0 Å². The molecule has 0 radical (unpaired) electrons. The molecule has 0 bridgehead atoms. The van der Waals surface area contributed by atoms with Crippen molar-refractivity contribution in [2.24, 2.45) is 0 Å². The lowest BCUT2D eigenvalue weighted by molar-refractivity contribution is 0.583. The van der Waals surface area contributed by atoms with Crippen molar-refractivity contribution in [2.75, 3.05) is 19.3 Å². The summed E-state index contributed by atoms with van der Waals surface area (Å²) in [4.78, 5) is 2.58. The Balaban J connectivity index is 2.34. The minimum absolute atomic E-state index is 0.117. The highest BCUT2D eigenvalue weighted by molar-refractivity contribution is 7.89. The van der Waals surface area contributed by atoms with Crippen LogP contribution in [0.5, 0.6) is 0 Å². The molecule has 0 saturated heterocycles. The Kier molecular flexibility index (Phi) is 4.91. The number of sulfonamides is 1. The third kappa shape index (κ3) is 4.21. The number of nitrogens with one attached hydrogen (secondary N) is 2. The first-order chi connectivity index (χ1) is 7.44. The average molecular weight is 262 g/mol. The van der Waals surface area contributed by atoms with Gasteiger partial charge in [0.25, 0.3) is 0 Å². The number of aryl methyl sites for hydroxylation is 2. The SMILES string of the molecule is CNS(=O)(=O)CCNCc1cc(C)sc1C. The largest absolute Gasteiger partial charge is 0.312 e. The first-order valence-electron chi connectivity index (χ1n) is 5.12. The van der Waals surface area contributed by atoms with E-state index in [4.69, 9.17) is 0 Å². The molecule has 0 amide bonds. The third-order valence-corrected chi connectivity index (χ3v) is 4.69. The normalized spacial score (nSPS) is 11.9. The van der Waals surface area contributed by atoms with Crippen LogP contribution < -0.4 is 10.0 Å². The standard InChI is InChI=1S/C10H18N2O2S2/c1-8-6-10(9(2)15-8)7-12-4-5-16(13,14)11-3/h6,11-12H,4-5,7H2,1-3H3. The van der Waals surface area contributed by atoms with E-state index in [1.54, 1.807) is 11.3 Å². The van der Waals surface area contributed by atoms with Crippen LogP contribution in [0, 0.1) is 13.8 Å². The summed E-state index contributed by atoms with van der Waals surface area (Å²) in [6.07, 6.45) is 0. The second-order valence-corrected chi connectivity index (χ2v) is 7.14. The zero-order valence-electron chi connectivity index (χ0n) is 9.83. The van der Waals surface area contributed by atoms with Gasteiger partial charge < -0.3 is 5.32 Å². The predicted molar refractivity (Wildman–Crippen MR) is 68.3 cm³/mol. The van der Waals surface area contributed by atoms with E-state index < -0.39 is 10.0 Å². The van der Waals surface area contributed by atoms with Crippen molar-refractivity contribution >= 4 is 21.4 Å². The van der Waals surface area contributed by atoms with Crippen LogP contribution in [0.1, 0.15) is 15.3 Å². The summed E-state index contributed by atoms with van der Waals surface area (Å²) in [5.74, 6) is 0.117. The molecule has 0 aliphatic heterocycles. The fourth-order valence-corrected chi connectivity index (χ4v) is 2.95. The van der Waals surface area contributed by atoms with Crippen LogP contribution in [0.2, 0.25) is 0 Å². The van der Waals surface area contributed by atoms with Crippen molar-refractivity contribution < 1.29 is 8.42 Å². The van der Waals surface area contributed by atoms with E-state index in [2.05, 4.69) is 30.0 Å². The molecule has 4 nitrogen and oxygen atoms in total. The molecular weight excluding hydrogens is 244 g/mol. The topological polar surface area (TPSA) is 58.2 Å². The fourth-order valence-electron chi connectivity index (χ4n) is 1.39. The molecular formula is C10H18N2O2S2. The van der Waals surface area contributed by atoms with E-state index in [0.29, 0.717) is 6.54 Å².